The van der Waals surface area contributed by atoms with Gasteiger partial charge in [0.25, 0.3) is 0 Å². The van der Waals surface area contributed by atoms with E-state index in [1.54, 1.807) is 18.2 Å². The number of carboxylic acids is 1. The number of aliphatic carboxylic acids is 1. The van der Waals surface area contributed by atoms with Gasteiger partial charge in [0.05, 0.1) is 36.6 Å². The summed E-state index contributed by atoms with van der Waals surface area (Å²) in [5.41, 5.74) is -3.01. The number of halogens is 9. The van der Waals surface area contributed by atoms with Crippen LogP contribution in [-0.4, -0.2) is 29.8 Å². The first kappa shape index (κ1) is 42.5. The Morgan fingerprint density at radius 2 is 1.44 bits per heavy atom. The van der Waals surface area contributed by atoms with Gasteiger partial charge in [-0.1, -0.05) is 26.0 Å². The molecule has 0 saturated heterocycles. The van der Waals surface area contributed by atoms with E-state index in [-0.39, 0.29) is 85.1 Å². The quantitative estimate of drug-likeness (QED) is 0.0867. The third kappa shape index (κ3) is 11.3. The molecule has 3 aromatic carbocycles. The van der Waals surface area contributed by atoms with Gasteiger partial charge in [-0.25, -0.2) is 4.98 Å². The Balaban J connectivity index is 0.00000486. The van der Waals surface area contributed by atoms with Crippen LogP contribution in [-0.2, 0) is 36.4 Å². The number of hydrogen-bond donors (Lipinski definition) is 1. The van der Waals surface area contributed by atoms with Gasteiger partial charge in [0.15, 0.2) is 0 Å². The summed E-state index contributed by atoms with van der Waals surface area (Å²) in [6.45, 7) is 2.76. The summed E-state index contributed by atoms with van der Waals surface area (Å²) in [5.74, 6) is -0.528. The van der Waals surface area contributed by atoms with E-state index in [1.165, 1.54) is 36.4 Å². The monoisotopic (exact) mass is 752 g/mol. The Kier molecular flexibility index (Phi) is 14.1. The maximum absolute atomic E-state index is 14.0. The predicted octanol–water partition coefficient (Wildman–Crippen LogP) is 7.50. The van der Waals surface area contributed by atoms with Gasteiger partial charge in [-0.2, -0.15) is 39.5 Å². The molecule has 276 valence electrons. The van der Waals surface area contributed by atoms with E-state index in [4.69, 9.17) is 14.6 Å². The molecule has 0 unspecified atom stereocenters. The van der Waals surface area contributed by atoms with Crippen LogP contribution in [0.25, 0.3) is 11.1 Å². The zero-order chi connectivity index (χ0) is 37.7. The Morgan fingerprint density at radius 1 is 0.808 bits per heavy atom. The second kappa shape index (κ2) is 17.3. The summed E-state index contributed by atoms with van der Waals surface area (Å²) in [6, 6.07) is 12.0. The average Bonchev–Trinajstić information content (AvgIpc) is 3.05. The molecule has 1 heterocycles. The molecule has 0 spiro atoms. The summed E-state index contributed by atoms with van der Waals surface area (Å²) < 4.78 is 136. The molecule has 0 saturated carbocycles. The van der Waals surface area contributed by atoms with E-state index in [0.29, 0.717) is 23.4 Å². The molecule has 0 amide bonds. The van der Waals surface area contributed by atoms with Gasteiger partial charge in [0, 0.05) is 25.1 Å². The number of hydrogen-bond acceptors (Lipinski definition) is 5. The van der Waals surface area contributed by atoms with E-state index in [9.17, 15) is 44.3 Å². The minimum Gasteiger partial charge on any atom is -1.00 e. The number of ether oxygens (including phenoxy) is 2. The fourth-order valence-corrected chi connectivity index (χ4v) is 5.27. The van der Waals surface area contributed by atoms with Gasteiger partial charge < -0.3 is 20.9 Å². The first-order valence-electron chi connectivity index (χ1n) is 15.5. The largest absolute Gasteiger partial charge is 1.00 e. The van der Waals surface area contributed by atoms with Crippen LogP contribution in [0.4, 0.5) is 45.3 Å². The maximum Gasteiger partial charge on any atom is 1.00 e. The van der Waals surface area contributed by atoms with Gasteiger partial charge in [-0.3, -0.25) is 4.79 Å². The van der Waals surface area contributed by atoms with E-state index in [2.05, 4.69) is 4.98 Å². The molecule has 4 rings (SSSR count). The molecule has 1 aromatic heterocycles. The van der Waals surface area contributed by atoms with Crippen molar-refractivity contribution in [1.82, 2.24) is 4.98 Å². The number of pyridine rings is 1. The Bertz CT molecular complexity index is 1800. The fourth-order valence-electron chi connectivity index (χ4n) is 5.27. The third-order valence-corrected chi connectivity index (χ3v) is 7.84. The molecule has 0 aliphatic heterocycles. The first-order valence-corrected chi connectivity index (χ1v) is 15.5. The number of carbonyl (C=O) groups is 1. The number of benzene rings is 3. The molecule has 0 aliphatic carbocycles. The summed E-state index contributed by atoms with van der Waals surface area (Å²) in [7, 11) is 1.38. The summed E-state index contributed by atoms with van der Waals surface area (Å²) >= 11 is 0. The number of carboxylic acid groups (broad SMARTS) is 1. The van der Waals surface area contributed by atoms with Gasteiger partial charge in [-0.15, -0.1) is 0 Å². The molecule has 0 fully saturated rings. The molecule has 6 nitrogen and oxygen atoms in total. The number of nitrogens with zero attached hydrogens (tertiary/aromatic N) is 2. The van der Waals surface area contributed by atoms with Crippen molar-refractivity contribution in [2.45, 2.75) is 64.2 Å². The zero-order valence-corrected chi connectivity index (χ0v) is 30.5. The fraction of sp³-hybridized carbons (Fsp3) is 0.333. The van der Waals surface area contributed by atoms with Crippen LogP contribution in [0.1, 0.15) is 67.4 Å². The third-order valence-electron chi connectivity index (χ3n) is 7.84. The van der Waals surface area contributed by atoms with Crippen molar-refractivity contribution < 1.29 is 89.9 Å². The minimum atomic E-state index is -5.13. The van der Waals surface area contributed by atoms with Crippen LogP contribution in [0.5, 0.6) is 11.5 Å². The van der Waals surface area contributed by atoms with Crippen molar-refractivity contribution in [3.05, 3.63) is 106 Å². The summed E-state index contributed by atoms with van der Waals surface area (Å²) in [5, 5.41) is 8.83. The summed E-state index contributed by atoms with van der Waals surface area (Å²) in [4.78, 5) is 16.3. The molecule has 0 bridgehead atoms. The predicted molar refractivity (Wildman–Crippen MR) is 172 cm³/mol. The van der Waals surface area contributed by atoms with Crippen LogP contribution < -0.4 is 43.9 Å². The Morgan fingerprint density at radius 3 is 1.96 bits per heavy atom. The van der Waals surface area contributed by atoms with Crippen molar-refractivity contribution >= 4 is 11.8 Å². The number of anilines is 1. The molecule has 1 N–H and O–H groups in total. The summed E-state index contributed by atoms with van der Waals surface area (Å²) in [6.07, 6.45) is -13.8. The van der Waals surface area contributed by atoms with Gasteiger partial charge >= 0.3 is 54.1 Å². The van der Waals surface area contributed by atoms with Crippen molar-refractivity contribution in [1.29, 1.82) is 0 Å². The van der Waals surface area contributed by atoms with Crippen LogP contribution in [0, 0.1) is 0 Å². The number of alkyl halides is 9. The Hall–Kier alpha value is -3.95. The van der Waals surface area contributed by atoms with Crippen LogP contribution in [0.3, 0.4) is 0 Å². The average molecular weight is 753 g/mol. The standard InChI is InChI=1S/C36H33F9N2O4.Na.H/c1-21(2)23-6-10-31(50-3)30(16-23)29-9-7-25(34(37,38)39)15-24(29)20-47(32-11-8-28(18-46-32)51-12-4-5-33(48)49)19-22-13-26(35(40,41)42)17-27(14-22)36(43,44)45;;/h6-11,13-18,21H,4-5,12,19-20H2,1-3H3,(H,48,49);;/q;+1;-1. The molecule has 4 aromatic rings. The van der Waals surface area contributed by atoms with Crippen molar-refractivity contribution in [2.24, 2.45) is 0 Å². The van der Waals surface area contributed by atoms with E-state index < -0.39 is 59.8 Å². The van der Waals surface area contributed by atoms with E-state index in [0.717, 1.165) is 17.7 Å². The molecule has 0 radical (unpaired) electrons. The second-order valence-corrected chi connectivity index (χ2v) is 12.0. The van der Waals surface area contributed by atoms with Crippen molar-refractivity contribution in [2.75, 3.05) is 18.6 Å². The molecular weight excluding hydrogens is 718 g/mol. The van der Waals surface area contributed by atoms with Crippen LogP contribution >= 0.6 is 0 Å². The topological polar surface area (TPSA) is 71.9 Å². The van der Waals surface area contributed by atoms with Gasteiger partial charge in [-0.05, 0) is 89.2 Å². The first-order chi connectivity index (χ1) is 23.8. The number of rotatable bonds is 13. The van der Waals surface area contributed by atoms with Crippen molar-refractivity contribution in [3.8, 4) is 22.6 Å². The van der Waals surface area contributed by atoms with Gasteiger partial charge in [0.1, 0.15) is 17.3 Å². The molecule has 52 heavy (non-hydrogen) atoms. The normalized spacial score (nSPS) is 12.0. The van der Waals surface area contributed by atoms with Crippen LogP contribution in [0.2, 0.25) is 0 Å². The van der Waals surface area contributed by atoms with Gasteiger partial charge in [0.2, 0.25) is 0 Å². The zero-order valence-electron chi connectivity index (χ0n) is 29.5. The van der Waals surface area contributed by atoms with Crippen LogP contribution in [0.15, 0.2) is 72.9 Å². The minimum absolute atomic E-state index is 0. The number of aromatic nitrogens is 1. The maximum atomic E-state index is 14.0. The van der Waals surface area contributed by atoms with E-state index >= 15 is 0 Å². The number of methoxy groups -OCH3 is 1. The molecule has 0 aliphatic rings. The second-order valence-electron chi connectivity index (χ2n) is 12.0. The smallest absolute Gasteiger partial charge is 1.00 e. The SMILES string of the molecule is COc1ccc(C(C)C)cc1-c1ccc(C(F)(F)F)cc1CN(Cc1cc(C(F)(F)F)cc(C(F)(F)F)c1)c1ccc(OCCCC(=O)O)cn1.[H-].[Na+]. The molecule has 16 heteroatoms. The molecular formula is C36H34F9N2NaO4. The molecule has 0 atom stereocenters. The van der Waals surface area contributed by atoms with Crippen molar-refractivity contribution in [3.63, 3.8) is 0 Å². The van der Waals surface area contributed by atoms with E-state index in [1.807, 2.05) is 13.8 Å². The Labute approximate surface area is 317 Å².